The van der Waals surface area contributed by atoms with Gasteiger partial charge < -0.3 is 10.1 Å². The molecule has 110 valence electrons. The van der Waals surface area contributed by atoms with Gasteiger partial charge in [0.2, 0.25) is 0 Å². The number of nitrogens with one attached hydrogen (secondary N) is 1. The lowest BCUT2D eigenvalue weighted by atomic mass is 10.0. The molecule has 0 aliphatic rings. The molecule has 1 aromatic heterocycles. The zero-order valence-electron chi connectivity index (χ0n) is 12.7. The van der Waals surface area contributed by atoms with Gasteiger partial charge in [0.05, 0.1) is 6.10 Å². The molecule has 0 bridgehead atoms. The molecule has 0 saturated heterocycles. The zero-order valence-corrected chi connectivity index (χ0v) is 12.7. The van der Waals surface area contributed by atoms with Crippen LogP contribution in [0, 0.1) is 0 Å². The Morgan fingerprint density at radius 2 is 2.11 bits per heavy atom. The molecule has 2 atom stereocenters. The van der Waals surface area contributed by atoms with E-state index in [1.807, 2.05) is 11.6 Å². The van der Waals surface area contributed by atoms with Crippen molar-refractivity contribution in [3.63, 3.8) is 0 Å². The maximum absolute atomic E-state index is 5.85. The van der Waals surface area contributed by atoms with Crippen molar-refractivity contribution in [1.29, 1.82) is 0 Å². The third-order valence-electron chi connectivity index (χ3n) is 3.29. The average Bonchev–Trinajstić information content (AvgIpc) is 2.88. The summed E-state index contributed by atoms with van der Waals surface area (Å²) in [5.74, 6) is 1.04. The molecule has 0 aliphatic carbocycles. The minimum atomic E-state index is 0.235. The van der Waals surface area contributed by atoms with E-state index in [4.69, 9.17) is 4.74 Å². The van der Waals surface area contributed by atoms with Gasteiger partial charge in [-0.25, -0.2) is 4.98 Å². The Balaban J connectivity index is 2.72. The van der Waals surface area contributed by atoms with Gasteiger partial charge in [-0.05, 0) is 33.2 Å². The molecule has 19 heavy (non-hydrogen) atoms. The first-order valence-corrected chi connectivity index (χ1v) is 7.48. The fourth-order valence-corrected chi connectivity index (χ4v) is 2.30. The second-order valence-electron chi connectivity index (χ2n) is 4.66. The summed E-state index contributed by atoms with van der Waals surface area (Å²) in [4.78, 5) is 4.37. The molecule has 5 nitrogen and oxygen atoms in total. The first-order chi connectivity index (χ1) is 9.26. The molecule has 1 N–H and O–H groups in total. The Hall–Kier alpha value is -0.940. The SMILES string of the molecule is CCCNC(Cc1ncnn1CC)C(CC)OCC. The van der Waals surface area contributed by atoms with E-state index in [0.717, 1.165) is 44.8 Å². The Morgan fingerprint density at radius 1 is 1.32 bits per heavy atom. The third kappa shape index (κ3) is 4.91. The number of nitrogens with zero attached hydrogens (tertiary/aromatic N) is 3. The van der Waals surface area contributed by atoms with E-state index in [9.17, 15) is 0 Å². The summed E-state index contributed by atoms with van der Waals surface area (Å²) < 4.78 is 7.81. The molecule has 5 heteroatoms. The number of aryl methyl sites for hydroxylation is 1. The summed E-state index contributed by atoms with van der Waals surface area (Å²) >= 11 is 0. The molecule has 2 unspecified atom stereocenters. The largest absolute Gasteiger partial charge is 0.377 e. The van der Waals surface area contributed by atoms with Crippen LogP contribution in [0.15, 0.2) is 6.33 Å². The van der Waals surface area contributed by atoms with E-state index in [2.05, 4.69) is 36.2 Å². The van der Waals surface area contributed by atoms with E-state index in [0.29, 0.717) is 6.04 Å². The highest BCUT2D eigenvalue weighted by Crippen LogP contribution is 2.10. The molecule has 1 aromatic rings. The highest BCUT2D eigenvalue weighted by molar-refractivity contribution is 4.92. The maximum Gasteiger partial charge on any atom is 0.138 e. The minimum absolute atomic E-state index is 0.235. The van der Waals surface area contributed by atoms with Crippen molar-refractivity contribution in [2.45, 2.75) is 65.6 Å². The Morgan fingerprint density at radius 3 is 2.68 bits per heavy atom. The minimum Gasteiger partial charge on any atom is -0.377 e. The molecule has 0 saturated carbocycles. The first kappa shape index (κ1) is 16.1. The Labute approximate surface area is 116 Å². The van der Waals surface area contributed by atoms with Crippen molar-refractivity contribution < 1.29 is 4.74 Å². The van der Waals surface area contributed by atoms with Gasteiger partial charge in [0.1, 0.15) is 12.2 Å². The molecular formula is C14H28N4O. The molecule has 0 aromatic carbocycles. The molecule has 0 fully saturated rings. The van der Waals surface area contributed by atoms with E-state index in [1.165, 1.54) is 0 Å². The van der Waals surface area contributed by atoms with Crippen LogP contribution in [0.25, 0.3) is 0 Å². The Kier molecular flexibility index (Phi) is 7.67. The van der Waals surface area contributed by atoms with Gasteiger partial charge in [-0.15, -0.1) is 0 Å². The van der Waals surface area contributed by atoms with Gasteiger partial charge in [0.25, 0.3) is 0 Å². The second kappa shape index (κ2) is 9.04. The lowest BCUT2D eigenvalue weighted by molar-refractivity contribution is 0.0312. The second-order valence-corrected chi connectivity index (χ2v) is 4.66. The van der Waals surface area contributed by atoms with Gasteiger partial charge in [-0.1, -0.05) is 13.8 Å². The summed E-state index contributed by atoms with van der Waals surface area (Å²) in [5, 5.41) is 7.82. The molecule has 0 aliphatic heterocycles. The number of hydrogen-bond acceptors (Lipinski definition) is 4. The zero-order chi connectivity index (χ0) is 14.1. The molecule has 0 spiro atoms. The highest BCUT2D eigenvalue weighted by atomic mass is 16.5. The maximum atomic E-state index is 5.85. The predicted molar refractivity (Wildman–Crippen MR) is 77.2 cm³/mol. The Bertz CT molecular complexity index is 340. The standard InChI is InChI=1S/C14H28N4O/c1-5-9-15-12(13(6-2)19-8-4)10-14-16-11-17-18(14)7-3/h11-13,15H,5-10H2,1-4H3. The van der Waals surface area contributed by atoms with Crippen LogP contribution >= 0.6 is 0 Å². The van der Waals surface area contributed by atoms with Crippen molar-refractivity contribution in [2.75, 3.05) is 13.2 Å². The normalized spacial score (nSPS) is 14.5. The topological polar surface area (TPSA) is 52.0 Å². The number of aromatic nitrogens is 3. The highest BCUT2D eigenvalue weighted by Gasteiger charge is 2.22. The first-order valence-electron chi connectivity index (χ1n) is 7.48. The van der Waals surface area contributed by atoms with Crippen molar-refractivity contribution >= 4 is 0 Å². The molecule has 0 amide bonds. The fraction of sp³-hybridized carbons (Fsp3) is 0.857. The average molecular weight is 268 g/mol. The monoisotopic (exact) mass is 268 g/mol. The van der Waals surface area contributed by atoms with Crippen LogP contribution in [0.2, 0.25) is 0 Å². The quantitative estimate of drug-likeness (QED) is 0.705. The smallest absolute Gasteiger partial charge is 0.138 e. The summed E-state index contributed by atoms with van der Waals surface area (Å²) in [5.41, 5.74) is 0. The van der Waals surface area contributed by atoms with Crippen LogP contribution in [0.1, 0.15) is 46.4 Å². The summed E-state index contributed by atoms with van der Waals surface area (Å²) in [7, 11) is 0. The molecular weight excluding hydrogens is 240 g/mol. The van der Waals surface area contributed by atoms with Crippen LogP contribution in [-0.4, -0.2) is 40.1 Å². The summed E-state index contributed by atoms with van der Waals surface area (Å²) in [6.07, 6.45) is 4.87. The molecule has 0 radical (unpaired) electrons. The third-order valence-corrected chi connectivity index (χ3v) is 3.29. The van der Waals surface area contributed by atoms with Crippen LogP contribution in [-0.2, 0) is 17.7 Å². The van der Waals surface area contributed by atoms with Gasteiger partial charge in [0.15, 0.2) is 0 Å². The predicted octanol–water partition coefficient (Wildman–Crippen LogP) is 2.02. The van der Waals surface area contributed by atoms with Gasteiger partial charge in [-0.2, -0.15) is 5.10 Å². The van der Waals surface area contributed by atoms with Crippen LogP contribution in [0.4, 0.5) is 0 Å². The number of hydrogen-bond donors (Lipinski definition) is 1. The van der Waals surface area contributed by atoms with Gasteiger partial charge in [-0.3, -0.25) is 4.68 Å². The van der Waals surface area contributed by atoms with E-state index in [-0.39, 0.29) is 6.10 Å². The lowest BCUT2D eigenvalue weighted by Crippen LogP contribution is -2.43. The molecule has 1 heterocycles. The summed E-state index contributed by atoms with van der Waals surface area (Å²) in [6.45, 7) is 11.1. The van der Waals surface area contributed by atoms with Crippen molar-refractivity contribution in [3.8, 4) is 0 Å². The summed E-state index contributed by atoms with van der Waals surface area (Å²) in [6, 6.07) is 0.305. The van der Waals surface area contributed by atoms with Crippen molar-refractivity contribution in [3.05, 3.63) is 12.2 Å². The van der Waals surface area contributed by atoms with Gasteiger partial charge in [0, 0.05) is 25.6 Å². The number of ether oxygens (including phenoxy) is 1. The van der Waals surface area contributed by atoms with Gasteiger partial charge >= 0.3 is 0 Å². The van der Waals surface area contributed by atoms with Crippen LogP contribution in [0.5, 0.6) is 0 Å². The lowest BCUT2D eigenvalue weighted by Gasteiger charge is -2.27. The fourth-order valence-electron chi connectivity index (χ4n) is 2.30. The van der Waals surface area contributed by atoms with Crippen molar-refractivity contribution in [2.24, 2.45) is 0 Å². The molecule has 1 rings (SSSR count). The van der Waals surface area contributed by atoms with Crippen LogP contribution in [0.3, 0.4) is 0 Å². The number of rotatable bonds is 10. The van der Waals surface area contributed by atoms with Crippen LogP contribution < -0.4 is 5.32 Å². The van der Waals surface area contributed by atoms with E-state index in [1.54, 1.807) is 6.33 Å². The van der Waals surface area contributed by atoms with Crippen molar-refractivity contribution in [1.82, 2.24) is 20.1 Å². The van der Waals surface area contributed by atoms with E-state index < -0.39 is 0 Å². The van der Waals surface area contributed by atoms with E-state index >= 15 is 0 Å².